The number of hydrogen-bond donors (Lipinski definition) is 0. The highest BCUT2D eigenvalue weighted by molar-refractivity contribution is 5.45. The molecule has 0 atom stereocenters. The van der Waals surface area contributed by atoms with Crippen molar-refractivity contribution in [2.45, 2.75) is 0 Å². The van der Waals surface area contributed by atoms with Gasteiger partial charge in [-0.25, -0.2) is 0 Å². The van der Waals surface area contributed by atoms with Gasteiger partial charge in [0.25, 0.3) is 0 Å². The Morgan fingerprint density at radius 1 is 1.56 bits per heavy atom. The largest absolute Gasteiger partial charge is 0.872 e. The maximum Gasteiger partial charge on any atom is 0.385 e. The van der Waals surface area contributed by atoms with E-state index in [0.717, 1.165) is 12.1 Å². The lowest BCUT2D eigenvalue weighted by Crippen LogP contribution is -1.85. The lowest BCUT2D eigenvalue weighted by molar-refractivity contribution is -0.268. The summed E-state index contributed by atoms with van der Waals surface area (Å²) in [6, 6.07) is 1.54. The molecule has 0 heterocycles. The molecular formula is C6H4N2O. The first kappa shape index (κ1) is 3.46. The molecule has 0 aliphatic heterocycles. The van der Waals surface area contributed by atoms with Gasteiger partial charge in [0, 0.05) is 12.1 Å². The maximum atomic E-state index is 10.7. The summed E-state index contributed by atoms with van der Waals surface area (Å²) in [5.41, 5.74) is 0.0552. The molecule has 0 saturated carbocycles. The van der Waals surface area contributed by atoms with Crippen molar-refractivity contribution in [2.75, 3.05) is 0 Å². The van der Waals surface area contributed by atoms with Gasteiger partial charge in [-0.05, 0) is 0 Å². The first-order valence-corrected chi connectivity index (χ1v) is 2.28. The molecule has 0 saturated heterocycles. The summed E-state index contributed by atoms with van der Waals surface area (Å²) in [5.74, 6) is -0.655. The molecule has 0 radical (unpaired) electrons. The van der Waals surface area contributed by atoms with Crippen LogP contribution in [0.5, 0.6) is 5.75 Å². The maximum absolute atomic E-state index is 10.7. The van der Waals surface area contributed by atoms with Crippen LogP contribution in [0, 0.1) is 5.39 Å². The summed E-state index contributed by atoms with van der Waals surface area (Å²) in [4.78, 5) is 2.75. The van der Waals surface area contributed by atoms with Crippen LogP contribution in [0.2, 0.25) is 0 Å². The van der Waals surface area contributed by atoms with E-state index in [2.05, 4.69) is 4.98 Å². The van der Waals surface area contributed by atoms with Crippen molar-refractivity contribution in [3.8, 4) is 5.75 Å². The molecule has 3 heteroatoms. The Morgan fingerprint density at radius 2 is 2.11 bits per heavy atom. The molecule has 1 aromatic carbocycles. The van der Waals surface area contributed by atoms with Crippen molar-refractivity contribution < 1.29 is 7.85 Å². The minimum absolute atomic E-state index is 0.0552. The van der Waals surface area contributed by atoms with Gasteiger partial charge < -0.3 is 5.11 Å². The van der Waals surface area contributed by atoms with Gasteiger partial charge in [-0.15, -0.1) is 5.75 Å². The van der Waals surface area contributed by atoms with Gasteiger partial charge in [-0.1, -0.05) is 12.1 Å². The minimum atomic E-state index is -0.655. The van der Waals surface area contributed by atoms with Crippen LogP contribution in [0.4, 0.5) is 5.69 Å². The number of nitrogens with zero attached hydrogens (tertiary/aromatic N) is 2. The average Bonchev–Trinajstić information content (AvgIpc) is 1.99. The summed E-state index contributed by atoms with van der Waals surface area (Å²) in [7, 11) is 0. The van der Waals surface area contributed by atoms with Crippen molar-refractivity contribution in [3.05, 3.63) is 29.2 Å². The third-order valence-corrected chi connectivity index (χ3v) is 0.818. The van der Waals surface area contributed by atoms with Crippen LogP contribution in [0.25, 0.3) is 4.98 Å². The standard InChI is InChI=1S/C6H4N2O/c7-8-5-1-3-6(9)4-2-5/h1-4H/i3D,4D. The Labute approximate surface area is 55.0 Å². The van der Waals surface area contributed by atoms with Gasteiger partial charge in [0.15, 0.2) is 4.98 Å². The number of benzene rings is 1. The molecule has 0 aromatic heterocycles. The zero-order valence-corrected chi connectivity index (χ0v) is 4.46. The first-order chi connectivity index (χ1) is 5.15. The molecule has 0 fully saturated rings. The van der Waals surface area contributed by atoms with E-state index >= 15 is 0 Å². The molecule has 0 aliphatic rings. The Balaban J connectivity index is 3.35. The quantitative estimate of drug-likeness (QED) is 0.486. The van der Waals surface area contributed by atoms with Crippen LogP contribution in [0.1, 0.15) is 2.74 Å². The van der Waals surface area contributed by atoms with Gasteiger partial charge in [0.1, 0.15) is 0 Å². The topological polar surface area (TPSA) is 51.2 Å². The van der Waals surface area contributed by atoms with E-state index < -0.39 is 5.75 Å². The fourth-order valence-corrected chi connectivity index (χ4v) is 0.420. The van der Waals surface area contributed by atoms with Crippen LogP contribution < -0.4 is 5.11 Å². The summed E-state index contributed by atoms with van der Waals surface area (Å²) in [6.45, 7) is 0. The fraction of sp³-hybridized carbons (Fsp3) is 0. The Hall–Kier alpha value is -1.56. The van der Waals surface area contributed by atoms with Crippen LogP contribution in [0.15, 0.2) is 24.2 Å². The molecule has 3 nitrogen and oxygen atoms in total. The fourth-order valence-electron chi connectivity index (χ4n) is 0.420. The van der Waals surface area contributed by atoms with E-state index in [1.165, 1.54) is 0 Å². The van der Waals surface area contributed by atoms with Crippen LogP contribution in [0.3, 0.4) is 0 Å². The highest BCUT2D eigenvalue weighted by Crippen LogP contribution is 2.13. The molecule has 0 unspecified atom stereocenters. The Bertz CT molecular complexity index is 309. The number of hydrogen-bond acceptors (Lipinski definition) is 2. The molecule has 1 rings (SSSR count). The van der Waals surface area contributed by atoms with E-state index in [1.807, 2.05) is 0 Å². The van der Waals surface area contributed by atoms with E-state index in [0.29, 0.717) is 0 Å². The summed E-state index contributed by atoms with van der Waals surface area (Å²) in [6.07, 6.45) is 0. The molecule has 0 aliphatic carbocycles. The molecule has 0 amide bonds. The van der Waals surface area contributed by atoms with Crippen LogP contribution >= 0.6 is 0 Å². The molecule has 0 N–H and O–H groups in total. The zero-order chi connectivity index (χ0) is 8.43. The summed E-state index contributed by atoms with van der Waals surface area (Å²) >= 11 is 0. The predicted octanol–water partition coefficient (Wildman–Crippen LogP) is 1.24. The lowest BCUT2D eigenvalue weighted by atomic mass is 10.3. The SMILES string of the molecule is [2H]c1cc([N+]#N)cc([2H])c1[O-]. The second kappa shape index (κ2) is 2.14. The normalized spacial score (nSPS) is 11.4. The van der Waals surface area contributed by atoms with E-state index in [4.69, 9.17) is 8.13 Å². The minimum Gasteiger partial charge on any atom is -0.872 e. The average molecular weight is 122 g/mol. The Kier molecular flexibility index (Phi) is 0.823. The Morgan fingerprint density at radius 3 is 2.56 bits per heavy atom. The van der Waals surface area contributed by atoms with Crippen molar-refractivity contribution in [2.24, 2.45) is 0 Å². The van der Waals surface area contributed by atoms with Crippen molar-refractivity contribution >= 4 is 5.69 Å². The smallest absolute Gasteiger partial charge is 0.385 e. The van der Waals surface area contributed by atoms with Gasteiger partial charge in [-0.3, -0.25) is 0 Å². The second-order valence-electron chi connectivity index (χ2n) is 1.43. The number of diazo groups is 1. The summed E-state index contributed by atoms with van der Waals surface area (Å²) < 4.78 is 14.0. The third kappa shape index (κ3) is 1.16. The summed E-state index contributed by atoms with van der Waals surface area (Å²) in [5, 5.41) is 19.0. The van der Waals surface area contributed by atoms with Crippen LogP contribution in [-0.4, -0.2) is 0 Å². The molecule has 1 aromatic rings. The second-order valence-corrected chi connectivity index (χ2v) is 1.43. The monoisotopic (exact) mass is 122 g/mol. The number of rotatable bonds is 0. The molecule has 0 spiro atoms. The highest BCUT2D eigenvalue weighted by Gasteiger charge is 1.97. The zero-order valence-electron chi connectivity index (χ0n) is 6.46. The van der Waals surface area contributed by atoms with E-state index in [9.17, 15) is 5.11 Å². The molecule has 44 valence electrons. The van der Waals surface area contributed by atoms with Crippen LogP contribution in [-0.2, 0) is 0 Å². The van der Waals surface area contributed by atoms with Crippen molar-refractivity contribution in [1.82, 2.24) is 0 Å². The molecule has 0 bridgehead atoms. The van der Waals surface area contributed by atoms with Gasteiger partial charge >= 0.3 is 5.69 Å². The van der Waals surface area contributed by atoms with Crippen molar-refractivity contribution in [1.29, 1.82) is 5.39 Å². The predicted molar refractivity (Wildman–Crippen MR) is 30.6 cm³/mol. The highest BCUT2D eigenvalue weighted by atomic mass is 16.3. The molecule has 9 heavy (non-hydrogen) atoms. The van der Waals surface area contributed by atoms with Gasteiger partial charge in [-0.2, -0.15) is 0 Å². The van der Waals surface area contributed by atoms with E-state index in [-0.39, 0.29) is 17.8 Å². The molecular weight excluding hydrogens is 116 g/mol. The van der Waals surface area contributed by atoms with E-state index in [1.54, 1.807) is 0 Å². The van der Waals surface area contributed by atoms with Gasteiger partial charge in [0.05, 0.1) is 2.74 Å². The van der Waals surface area contributed by atoms with Gasteiger partial charge in [0.2, 0.25) is 5.39 Å². The van der Waals surface area contributed by atoms with Crippen molar-refractivity contribution in [3.63, 3.8) is 0 Å². The first-order valence-electron chi connectivity index (χ1n) is 3.28. The third-order valence-electron chi connectivity index (χ3n) is 0.818. The lowest BCUT2D eigenvalue weighted by Gasteiger charge is -1.97.